The van der Waals surface area contributed by atoms with Crippen LogP contribution in [0.3, 0.4) is 0 Å². The third-order valence-corrected chi connectivity index (χ3v) is 3.66. The van der Waals surface area contributed by atoms with Crippen molar-refractivity contribution in [3.63, 3.8) is 0 Å². The number of halogens is 2. The molecular weight excluding hydrogens is 316 g/mol. The Kier molecular flexibility index (Phi) is 2.92. The standard InChI is InChI=1S/C13H10BrClN2O/c1-7-4-8(14)5-11-12(7)18-6-9-10(15)2-3-16-13(9)17-11/h2-5H,6H2,1H3,(H,16,17). The molecule has 2 heterocycles. The van der Waals surface area contributed by atoms with Crippen molar-refractivity contribution in [1.29, 1.82) is 0 Å². The summed E-state index contributed by atoms with van der Waals surface area (Å²) in [5, 5.41) is 3.94. The van der Waals surface area contributed by atoms with Gasteiger partial charge in [-0.15, -0.1) is 0 Å². The smallest absolute Gasteiger partial charge is 0.146 e. The SMILES string of the molecule is Cc1cc(Br)cc2c1OCc1c(Cl)ccnc1N2. The van der Waals surface area contributed by atoms with Crippen LogP contribution in [-0.2, 0) is 6.61 Å². The molecule has 92 valence electrons. The van der Waals surface area contributed by atoms with Crippen molar-refractivity contribution in [2.24, 2.45) is 0 Å². The van der Waals surface area contributed by atoms with E-state index in [2.05, 4.69) is 26.2 Å². The Balaban J connectivity index is 2.15. The largest absolute Gasteiger partial charge is 0.486 e. The first-order chi connectivity index (χ1) is 8.65. The Morgan fingerprint density at radius 1 is 1.44 bits per heavy atom. The summed E-state index contributed by atoms with van der Waals surface area (Å²) in [6, 6.07) is 5.76. The second-order valence-electron chi connectivity index (χ2n) is 4.13. The molecule has 1 N–H and O–H groups in total. The van der Waals surface area contributed by atoms with Gasteiger partial charge in [0, 0.05) is 10.7 Å². The quantitative estimate of drug-likeness (QED) is 0.777. The van der Waals surface area contributed by atoms with Crippen LogP contribution in [0.2, 0.25) is 5.02 Å². The summed E-state index contributed by atoms with van der Waals surface area (Å²) in [7, 11) is 0. The number of anilines is 2. The molecule has 18 heavy (non-hydrogen) atoms. The molecule has 0 bridgehead atoms. The van der Waals surface area contributed by atoms with E-state index in [-0.39, 0.29) is 0 Å². The number of rotatable bonds is 0. The molecule has 0 aliphatic carbocycles. The second kappa shape index (κ2) is 4.44. The zero-order valence-corrected chi connectivity index (χ0v) is 12.0. The number of benzene rings is 1. The van der Waals surface area contributed by atoms with Crippen LogP contribution in [0.15, 0.2) is 28.9 Å². The molecule has 0 radical (unpaired) electrons. The molecule has 1 aromatic carbocycles. The van der Waals surface area contributed by atoms with Crippen LogP contribution < -0.4 is 10.1 Å². The van der Waals surface area contributed by atoms with Crippen molar-refractivity contribution in [2.75, 3.05) is 5.32 Å². The highest BCUT2D eigenvalue weighted by Crippen LogP contribution is 2.39. The van der Waals surface area contributed by atoms with E-state index < -0.39 is 0 Å². The van der Waals surface area contributed by atoms with Gasteiger partial charge in [0.15, 0.2) is 0 Å². The molecule has 3 nitrogen and oxygen atoms in total. The van der Waals surface area contributed by atoms with Gasteiger partial charge in [0.05, 0.1) is 16.3 Å². The van der Waals surface area contributed by atoms with Gasteiger partial charge < -0.3 is 10.1 Å². The molecule has 2 aromatic rings. The highest BCUT2D eigenvalue weighted by atomic mass is 79.9. The van der Waals surface area contributed by atoms with Gasteiger partial charge in [0.2, 0.25) is 0 Å². The summed E-state index contributed by atoms with van der Waals surface area (Å²) >= 11 is 9.64. The van der Waals surface area contributed by atoms with E-state index >= 15 is 0 Å². The monoisotopic (exact) mass is 324 g/mol. The van der Waals surface area contributed by atoms with Crippen molar-refractivity contribution in [3.05, 3.63) is 45.0 Å². The van der Waals surface area contributed by atoms with Crippen molar-refractivity contribution in [2.45, 2.75) is 13.5 Å². The molecule has 3 rings (SSSR count). The number of nitrogens with one attached hydrogen (secondary N) is 1. The van der Waals surface area contributed by atoms with E-state index in [1.165, 1.54) is 0 Å². The first-order valence-electron chi connectivity index (χ1n) is 5.48. The van der Waals surface area contributed by atoms with E-state index in [1.54, 1.807) is 12.3 Å². The number of fused-ring (bicyclic) bond motifs is 2. The van der Waals surface area contributed by atoms with Gasteiger partial charge in [-0.3, -0.25) is 0 Å². The maximum absolute atomic E-state index is 6.16. The van der Waals surface area contributed by atoms with Crippen LogP contribution in [0, 0.1) is 6.92 Å². The fraction of sp³-hybridized carbons (Fsp3) is 0.154. The zero-order chi connectivity index (χ0) is 12.7. The minimum Gasteiger partial charge on any atom is -0.486 e. The molecule has 0 spiro atoms. The number of pyridine rings is 1. The summed E-state index contributed by atoms with van der Waals surface area (Å²) in [5.74, 6) is 1.59. The van der Waals surface area contributed by atoms with Gasteiger partial charge in [0.25, 0.3) is 0 Å². The zero-order valence-electron chi connectivity index (χ0n) is 9.63. The number of hydrogen-bond donors (Lipinski definition) is 1. The lowest BCUT2D eigenvalue weighted by Gasteiger charge is -2.11. The lowest BCUT2D eigenvalue weighted by atomic mass is 10.2. The fourth-order valence-electron chi connectivity index (χ4n) is 2.00. The van der Waals surface area contributed by atoms with Gasteiger partial charge in [-0.25, -0.2) is 4.98 Å². The van der Waals surface area contributed by atoms with Gasteiger partial charge >= 0.3 is 0 Å². The molecular formula is C13H10BrClN2O. The molecule has 1 aliphatic heterocycles. The molecule has 0 amide bonds. The predicted molar refractivity (Wildman–Crippen MR) is 75.7 cm³/mol. The van der Waals surface area contributed by atoms with Crippen LogP contribution in [0.25, 0.3) is 0 Å². The Bertz CT molecular complexity index is 631. The number of ether oxygens (including phenoxy) is 1. The van der Waals surface area contributed by atoms with Crippen LogP contribution in [-0.4, -0.2) is 4.98 Å². The third kappa shape index (κ3) is 1.95. The molecule has 0 fully saturated rings. The molecule has 0 unspecified atom stereocenters. The van der Waals surface area contributed by atoms with E-state index in [1.807, 2.05) is 19.1 Å². The Labute approximate surface area is 118 Å². The van der Waals surface area contributed by atoms with Crippen molar-refractivity contribution < 1.29 is 4.74 Å². The first kappa shape index (κ1) is 11.8. The first-order valence-corrected chi connectivity index (χ1v) is 6.65. The fourth-order valence-corrected chi connectivity index (χ4v) is 2.77. The lowest BCUT2D eigenvalue weighted by molar-refractivity contribution is 0.308. The number of nitrogens with zero attached hydrogens (tertiary/aromatic N) is 1. The van der Waals surface area contributed by atoms with Crippen LogP contribution in [0.5, 0.6) is 5.75 Å². The Morgan fingerprint density at radius 2 is 2.28 bits per heavy atom. The highest BCUT2D eigenvalue weighted by molar-refractivity contribution is 9.10. The lowest BCUT2D eigenvalue weighted by Crippen LogP contribution is -1.97. The van der Waals surface area contributed by atoms with E-state index in [0.717, 1.165) is 32.9 Å². The minimum atomic E-state index is 0.421. The van der Waals surface area contributed by atoms with Crippen LogP contribution in [0.1, 0.15) is 11.1 Å². The van der Waals surface area contributed by atoms with Crippen molar-refractivity contribution >= 4 is 39.0 Å². The molecule has 0 saturated carbocycles. The summed E-state index contributed by atoms with van der Waals surface area (Å²) < 4.78 is 6.83. The summed E-state index contributed by atoms with van der Waals surface area (Å²) in [6.07, 6.45) is 1.68. The van der Waals surface area contributed by atoms with Crippen molar-refractivity contribution in [1.82, 2.24) is 4.98 Å². The molecule has 5 heteroatoms. The van der Waals surface area contributed by atoms with Gasteiger partial charge in [-0.05, 0) is 30.7 Å². The topological polar surface area (TPSA) is 34.1 Å². The van der Waals surface area contributed by atoms with Gasteiger partial charge in [-0.2, -0.15) is 0 Å². The maximum atomic E-state index is 6.16. The summed E-state index contributed by atoms with van der Waals surface area (Å²) in [6.45, 7) is 2.43. The Hall–Kier alpha value is -1.26. The van der Waals surface area contributed by atoms with Gasteiger partial charge in [0.1, 0.15) is 18.2 Å². The molecule has 1 aliphatic rings. The minimum absolute atomic E-state index is 0.421. The predicted octanol–water partition coefficient (Wildman–Crippen LogP) is 4.44. The average molecular weight is 326 g/mol. The molecule has 0 saturated heterocycles. The average Bonchev–Trinajstić information content (AvgIpc) is 2.48. The number of aryl methyl sites for hydroxylation is 1. The van der Waals surface area contributed by atoms with Crippen LogP contribution in [0.4, 0.5) is 11.5 Å². The highest BCUT2D eigenvalue weighted by Gasteiger charge is 2.18. The molecule has 1 aromatic heterocycles. The maximum Gasteiger partial charge on any atom is 0.146 e. The van der Waals surface area contributed by atoms with E-state index in [9.17, 15) is 0 Å². The second-order valence-corrected chi connectivity index (χ2v) is 5.46. The summed E-state index contributed by atoms with van der Waals surface area (Å²) in [4.78, 5) is 4.31. The van der Waals surface area contributed by atoms with Crippen LogP contribution >= 0.6 is 27.5 Å². The Morgan fingerprint density at radius 3 is 3.11 bits per heavy atom. The molecule has 0 atom stereocenters. The number of aromatic nitrogens is 1. The van der Waals surface area contributed by atoms with E-state index in [0.29, 0.717) is 11.6 Å². The normalized spacial score (nSPS) is 12.8. The third-order valence-electron chi connectivity index (χ3n) is 2.85. The van der Waals surface area contributed by atoms with E-state index in [4.69, 9.17) is 16.3 Å². The summed E-state index contributed by atoms with van der Waals surface area (Å²) in [5.41, 5.74) is 2.84. The van der Waals surface area contributed by atoms with Crippen molar-refractivity contribution in [3.8, 4) is 5.75 Å². The number of hydrogen-bond acceptors (Lipinski definition) is 3. The van der Waals surface area contributed by atoms with Gasteiger partial charge in [-0.1, -0.05) is 27.5 Å².